The number of carbonyl (C=O) groups excluding carboxylic acids is 2. The van der Waals surface area contributed by atoms with Crippen LogP contribution in [-0.2, 0) is 26.2 Å². The van der Waals surface area contributed by atoms with Crippen molar-refractivity contribution in [2.45, 2.75) is 71.0 Å². The van der Waals surface area contributed by atoms with Crippen LogP contribution in [0.5, 0.6) is 0 Å². The van der Waals surface area contributed by atoms with E-state index in [-0.39, 0.29) is 24.4 Å². The summed E-state index contributed by atoms with van der Waals surface area (Å²) in [5, 5.41) is 3.02. The monoisotopic (exact) mass is 517 g/mol. The summed E-state index contributed by atoms with van der Waals surface area (Å²) < 4.78 is 39.8. The van der Waals surface area contributed by atoms with Crippen molar-refractivity contribution in [3.8, 4) is 0 Å². The minimum atomic E-state index is -3.79. The second-order valence-electron chi connectivity index (χ2n) is 9.83. The van der Waals surface area contributed by atoms with Gasteiger partial charge in [-0.15, -0.1) is 0 Å². The highest BCUT2D eigenvalue weighted by atomic mass is 32.2. The van der Waals surface area contributed by atoms with Gasteiger partial charge in [-0.3, -0.25) is 13.9 Å². The number of hydrogen-bond acceptors (Lipinski definition) is 4. The molecule has 0 radical (unpaired) electrons. The van der Waals surface area contributed by atoms with Crippen molar-refractivity contribution in [2.75, 3.05) is 17.1 Å². The van der Waals surface area contributed by atoms with Gasteiger partial charge in [0, 0.05) is 12.6 Å². The van der Waals surface area contributed by atoms with E-state index in [9.17, 15) is 22.4 Å². The van der Waals surface area contributed by atoms with Gasteiger partial charge < -0.3 is 10.2 Å². The molecular weight excluding hydrogens is 481 g/mol. The van der Waals surface area contributed by atoms with Crippen molar-refractivity contribution in [1.82, 2.24) is 10.2 Å². The predicted molar refractivity (Wildman–Crippen MR) is 140 cm³/mol. The maximum absolute atomic E-state index is 13.6. The molecule has 36 heavy (non-hydrogen) atoms. The summed E-state index contributed by atoms with van der Waals surface area (Å²) in [6, 6.07) is 12.0. The van der Waals surface area contributed by atoms with Gasteiger partial charge in [0.15, 0.2) is 0 Å². The summed E-state index contributed by atoms with van der Waals surface area (Å²) in [6.45, 7) is 5.30. The van der Waals surface area contributed by atoms with Crippen molar-refractivity contribution in [2.24, 2.45) is 0 Å². The number of halogens is 1. The Morgan fingerprint density at radius 1 is 1.00 bits per heavy atom. The molecule has 3 rings (SSSR count). The summed E-state index contributed by atoms with van der Waals surface area (Å²) in [7, 11) is -3.79. The van der Waals surface area contributed by atoms with Gasteiger partial charge in [0.1, 0.15) is 18.4 Å². The van der Waals surface area contributed by atoms with Crippen LogP contribution in [0.3, 0.4) is 0 Å². The highest BCUT2D eigenvalue weighted by Crippen LogP contribution is 2.23. The summed E-state index contributed by atoms with van der Waals surface area (Å²) in [5.74, 6) is -0.939. The van der Waals surface area contributed by atoms with Gasteiger partial charge in [-0.05, 0) is 61.1 Å². The molecule has 1 unspecified atom stereocenters. The Bertz CT molecular complexity index is 1140. The van der Waals surface area contributed by atoms with Gasteiger partial charge in [-0.2, -0.15) is 0 Å². The number of sulfonamides is 1. The fourth-order valence-electron chi connectivity index (χ4n) is 4.40. The molecule has 9 heteroatoms. The molecule has 1 aliphatic rings. The van der Waals surface area contributed by atoms with Crippen molar-refractivity contribution in [3.05, 3.63) is 65.5 Å². The van der Waals surface area contributed by atoms with E-state index in [1.807, 2.05) is 26.0 Å². The molecule has 1 aliphatic carbocycles. The van der Waals surface area contributed by atoms with E-state index in [0.29, 0.717) is 11.3 Å². The Hall–Kier alpha value is -2.94. The molecule has 2 aromatic carbocycles. The highest BCUT2D eigenvalue weighted by molar-refractivity contribution is 7.92. The maximum atomic E-state index is 13.6. The lowest BCUT2D eigenvalue weighted by molar-refractivity contribution is -0.139. The Morgan fingerprint density at radius 2 is 1.58 bits per heavy atom. The predicted octanol–water partition coefficient (Wildman–Crippen LogP) is 4.19. The third-order valence-corrected chi connectivity index (χ3v) is 7.80. The molecule has 2 amide bonds. The van der Waals surface area contributed by atoms with Gasteiger partial charge in [0.25, 0.3) is 0 Å². The quantitative estimate of drug-likeness (QED) is 0.512. The third-order valence-electron chi connectivity index (χ3n) is 6.66. The van der Waals surface area contributed by atoms with Crippen LogP contribution in [-0.4, -0.2) is 50.0 Å². The summed E-state index contributed by atoms with van der Waals surface area (Å²) in [6.07, 6.45) is 4.96. The van der Waals surface area contributed by atoms with E-state index < -0.39 is 34.3 Å². The molecule has 0 aliphatic heterocycles. The average molecular weight is 518 g/mol. The first kappa shape index (κ1) is 27.6. The molecule has 7 nitrogen and oxygen atoms in total. The minimum absolute atomic E-state index is 0.0439. The molecule has 1 fully saturated rings. The van der Waals surface area contributed by atoms with Crippen LogP contribution in [0, 0.1) is 5.82 Å². The van der Waals surface area contributed by atoms with Gasteiger partial charge in [-0.1, -0.05) is 51.0 Å². The zero-order chi connectivity index (χ0) is 26.5. The van der Waals surface area contributed by atoms with Gasteiger partial charge in [0.05, 0.1) is 11.9 Å². The number of rotatable bonds is 10. The number of amides is 2. The first-order valence-electron chi connectivity index (χ1n) is 12.4. The molecule has 2 aromatic rings. The van der Waals surface area contributed by atoms with E-state index in [4.69, 9.17) is 0 Å². The van der Waals surface area contributed by atoms with Crippen LogP contribution in [0.25, 0.3) is 0 Å². The molecular formula is C27H36FN3O4S. The van der Waals surface area contributed by atoms with E-state index in [0.717, 1.165) is 41.8 Å². The fraction of sp³-hybridized carbons (Fsp3) is 0.481. The molecule has 0 spiro atoms. The smallest absolute Gasteiger partial charge is 0.244 e. The fourth-order valence-corrected chi connectivity index (χ4v) is 5.25. The Kier molecular flexibility index (Phi) is 9.11. The maximum Gasteiger partial charge on any atom is 0.244 e. The SMILES string of the molecule is CC(C)c1ccc(N(CC(=O)N(Cc2ccc(F)cc2)C(C)C(=O)NC2CCCC2)S(C)(=O)=O)cc1. The normalized spacial score (nSPS) is 15.1. The molecule has 0 aromatic heterocycles. The molecule has 0 bridgehead atoms. The van der Waals surface area contributed by atoms with Crippen LogP contribution in [0.15, 0.2) is 48.5 Å². The van der Waals surface area contributed by atoms with Crippen LogP contribution in [0.1, 0.15) is 63.5 Å². The number of nitrogens with zero attached hydrogens (tertiary/aromatic N) is 2. The molecule has 0 saturated heterocycles. The van der Waals surface area contributed by atoms with Crippen molar-refractivity contribution in [3.63, 3.8) is 0 Å². The number of carbonyl (C=O) groups is 2. The molecule has 1 saturated carbocycles. The van der Waals surface area contributed by atoms with Crippen LogP contribution in [0.2, 0.25) is 0 Å². The lowest BCUT2D eigenvalue weighted by Crippen LogP contribution is -2.52. The first-order valence-corrected chi connectivity index (χ1v) is 14.2. The molecule has 196 valence electrons. The third kappa shape index (κ3) is 7.29. The van der Waals surface area contributed by atoms with E-state index >= 15 is 0 Å². The summed E-state index contributed by atoms with van der Waals surface area (Å²) in [5.41, 5.74) is 2.06. The van der Waals surface area contributed by atoms with Crippen molar-refractivity contribution < 1.29 is 22.4 Å². The van der Waals surface area contributed by atoms with Gasteiger partial charge in [0.2, 0.25) is 21.8 Å². The van der Waals surface area contributed by atoms with Crippen LogP contribution >= 0.6 is 0 Å². The lowest BCUT2D eigenvalue weighted by atomic mass is 10.0. The second kappa shape index (κ2) is 11.9. The largest absolute Gasteiger partial charge is 0.352 e. The number of hydrogen-bond donors (Lipinski definition) is 1. The van der Waals surface area contributed by atoms with Crippen molar-refractivity contribution in [1.29, 1.82) is 0 Å². The van der Waals surface area contributed by atoms with E-state index in [2.05, 4.69) is 5.32 Å². The van der Waals surface area contributed by atoms with Crippen LogP contribution < -0.4 is 9.62 Å². The molecule has 0 heterocycles. The van der Waals surface area contributed by atoms with Crippen molar-refractivity contribution >= 4 is 27.5 Å². The topological polar surface area (TPSA) is 86.8 Å². The first-order chi connectivity index (χ1) is 17.0. The summed E-state index contributed by atoms with van der Waals surface area (Å²) >= 11 is 0. The standard InChI is InChI=1S/C27H36FN3O4S/c1-19(2)22-11-15-25(16-12-22)31(36(4,34)35)18-26(32)30(17-21-9-13-23(28)14-10-21)20(3)27(33)29-24-7-5-6-8-24/h9-16,19-20,24H,5-8,17-18H2,1-4H3,(H,29,33). The summed E-state index contributed by atoms with van der Waals surface area (Å²) in [4.78, 5) is 28.0. The number of anilines is 1. The number of nitrogens with one attached hydrogen (secondary N) is 1. The highest BCUT2D eigenvalue weighted by Gasteiger charge is 2.31. The minimum Gasteiger partial charge on any atom is -0.352 e. The Balaban J connectivity index is 1.86. The Morgan fingerprint density at radius 3 is 2.11 bits per heavy atom. The number of benzene rings is 2. The van der Waals surface area contributed by atoms with Gasteiger partial charge in [-0.25, -0.2) is 12.8 Å². The lowest BCUT2D eigenvalue weighted by Gasteiger charge is -2.32. The van der Waals surface area contributed by atoms with Gasteiger partial charge >= 0.3 is 0 Å². The van der Waals surface area contributed by atoms with E-state index in [1.54, 1.807) is 31.2 Å². The zero-order valence-corrected chi connectivity index (χ0v) is 22.2. The second-order valence-corrected chi connectivity index (χ2v) is 11.7. The average Bonchev–Trinajstić information content (AvgIpc) is 3.34. The van der Waals surface area contributed by atoms with Crippen LogP contribution in [0.4, 0.5) is 10.1 Å². The van der Waals surface area contributed by atoms with E-state index in [1.165, 1.54) is 17.0 Å². The molecule has 1 atom stereocenters. The zero-order valence-electron chi connectivity index (χ0n) is 21.4. The Labute approximate surface area is 213 Å². The molecule has 1 N–H and O–H groups in total.